The lowest BCUT2D eigenvalue weighted by Crippen LogP contribution is -2.37. The number of anilines is 1. The summed E-state index contributed by atoms with van der Waals surface area (Å²) in [4.78, 5) is 11.2. The van der Waals surface area contributed by atoms with E-state index in [1.165, 1.54) is 10.3 Å². The van der Waals surface area contributed by atoms with Crippen LogP contribution in [0.1, 0.15) is 38.2 Å². The average molecular weight is 504 g/mol. The highest BCUT2D eigenvalue weighted by molar-refractivity contribution is 7.93. The molecule has 0 radical (unpaired) electrons. The third kappa shape index (κ3) is 4.70. The van der Waals surface area contributed by atoms with Crippen molar-refractivity contribution in [2.75, 3.05) is 30.5 Å². The molecule has 10 heteroatoms. The molecule has 2 aromatic heterocycles. The molecule has 34 heavy (non-hydrogen) atoms. The predicted molar refractivity (Wildman–Crippen MR) is 137 cm³/mol. The molecule has 0 N–H and O–H groups in total. The summed E-state index contributed by atoms with van der Waals surface area (Å²) in [6, 6.07) is 8.87. The minimum Gasteiger partial charge on any atom is -0.356 e. The fourth-order valence-electron chi connectivity index (χ4n) is 4.78. The molecular weight excluding hydrogens is 470 g/mol. The van der Waals surface area contributed by atoms with Crippen LogP contribution in [0.5, 0.6) is 0 Å². The van der Waals surface area contributed by atoms with Crippen LogP contribution in [0.15, 0.2) is 52.1 Å². The molecule has 1 unspecified atom stereocenters. The fourth-order valence-corrected chi connectivity index (χ4v) is 7.79. The summed E-state index contributed by atoms with van der Waals surface area (Å²) in [5.41, 5.74) is 1.37. The van der Waals surface area contributed by atoms with E-state index in [0.29, 0.717) is 28.5 Å². The van der Waals surface area contributed by atoms with Gasteiger partial charge in [-0.05, 0) is 56.7 Å². The molecule has 1 fully saturated rings. The lowest BCUT2D eigenvalue weighted by Gasteiger charge is -2.35. The molecule has 184 valence electrons. The van der Waals surface area contributed by atoms with Crippen molar-refractivity contribution in [2.24, 2.45) is 10.3 Å². The summed E-state index contributed by atoms with van der Waals surface area (Å²) in [5, 5.41) is 0.710. The van der Waals surface area contributed by atoms with E-state index in [1.54, 1.807) is 43.6 Å². The van der Waals surface area contributed by atoms with E-state index in [2.05, 4.69) is 19.2 Å². The van der Waals surface area contributed by atoms with Gasteiger partial charge in [0.25, 0.3) is 10.0 Å². The summed E-state index contributed by atoms with van der Waals surface area (Å²) < 4.78 is 44.7. The summed E-state index contributed by atoms with van der Waals surface area (Å²) in [6.45, 7) is 3.87. The molecule has 0 amide bonds. The Balaban J connectivity index is 1.56. The van der Waals surface area contributed by atoms with Gasteiger partial charge in [-0.3, -0.25) is 0 Å². The smallest absolute Gasteiger partial charge is 0.269 e. The number of hydrogen-bond acceptors (Lipinski definition) is 7. The van der Waals surface area contributed by atoms with Crippen LogP contribution in [0.4, 0.5) is 5.82 Å². The molecule has 1 saturated carbocycles. The second kappa shape index (κ2) is 9.65. The Morgan fingerprint density at radius 1 is 1.06 bits per heavy atom. The first-order valence-corrected chi connectivity index (χ1v) is 15.0. The van der Waals surface area contributed by atoms with Gasteiger partial charge in [0.2, 0.25) is 0 Å². The van der Waals surface area contributed by atoms with Gasteiger partial charge < -0.3 is 4.90 Å². The van der Waals surface area contributed by atoms with Crippen LogP contribution in [-0.2, 0) is 19.8 Å². The second-order valence-corrected chi connectivity index (χ2v) is 13.7. The zero-order chi connectivity index (χ0) is 24.5. The largest absolute Gasteiger partial charge is 0.356 e. The maximum Gasteiger partial charge on any atom is 0.269 e. The number of fused-ring (bicyclic) bond motifs is 1. The first-order chi connectivity index (χ1) is 16.2. The second-order valence-electron chi connectivity index (χ2n) is 9.06. The normalized spacial score (nSPS) is 20.7. The molecule has 1 atom stereocenters. The molecule has 2 heterocycles. The van der Waals surface area contributed by atoms with Crippen molar-refractivity contribution in [3.63, 3.8) is 0 Å². The van der Waals surface area contributed by atoms with Crippen LogP contribution in [-0.4, -0.2) is 58.2 Å². The Morgan fingerprint density at radius 3 is 2.35 bits per heavy atom. The molecule has 0 bridgehead atoms. The quantitative estimate of drug-likeness (QED) is 0.482. The van der Waals surface area contributed by atoms with E-state index in [0.717, 1.165) is 37.1 Å². The molecule has 8 nitrogen and oxygen atoms in total. The van der Waals surface area contributed by atoms with Gasteiger partial charge in [0.1, 0.15) is 12.1 Å². The van der Waals surface area contributed by atoms with Gasteiger partial charge in [0.05, 0.1) is 10.3 Å². The van der Waals surface area contributed by atoms with Gasteiger partial charge in [-0.1, -0.05) is 24.6 Å². The Labute approximate surface area is 202 Å². The Morgan fingerprint density at radius 2 is 1.74 bits per heavy atom. The molecule has 0 saturated heterocycles. The van der Waals surface area contributed by atoms with Crippen LogP contribution in [0.3, 0.4) is 0 Å². The Hall–Kier alpha value is -2.46. The summed E-state index contributed by atoms with van der Waals surface area (Å²) in [6.07, 6.45) is 6.92. The minimum absolute atomic E-state index is 0.227. The van der Waals surface area contributed by atoms with Crippen molar-refractivity contribution in [1.82, 2.24) is 13.9 Å². The van der Waals surface area contributed by atoms with Crippen molar-refractivity contribution in [2.45, 2.75) is 50.5 Å². The minimum atomic E-state index is -3.76. The maximum atomic E-state index is 13.3. The molecule has 0 spiro atoms. The van der Waals surface area contributed by atoms with Crippen molar-refractivity contribution in [1.29, 1.82) is 0 Å². The van der Waals surface area contributed by atoms with Gasteiger partial charge in [-0.2, -0.15) is 0 Å². The van der Waals surface area contributed by atoms with E-state index in [4.69, 9.17) is 0 Å². The third-order valence-corrected chi connectivity index (χ3v) is 11.2. The fraction of sp³-hybridized carbons (Fsp3) is 0.500. The van der Waals surface area contributed by atoms with Crippen LogP contribution in [0.25, 0.3) is 11.0 Å². The Bertz CT molecular complexity index is 1380. The highest BCUT2D eigenvalue weighted by Gasteiger charge is 2.28. The third-order valence-electron chi connectivity index (χ3n) is 6.98. The molecule has 3 aromatic rings. The lowest BCUT2D eigenvalue weighted by molar-refractivity contribution is 0.342. The van der Waals surface area contributed by atoms with Crippen LogP contribution >= 0.6 is 0 Å². The van der Waals surface area contributed by atoms with Gasteiger partial charge in [-0.15, -0.1) is 0 Å². The van der Waals surface area contributed by atoms with Crippen molar-refractivity contribution in [3.05, 3.63) is 48.4 Å². The zero-order valence-corrected chi connectivity index (χ0v) is 21.8. The predicted octanol–water partition coefficient (Wildman–Crippen LogP) is 4.09. The van der Waals surface area contributed by atoms with Crippen LogP contribution in [0.2, 0.25) is 0 Å². The zero-order valence-electron chi connectivity index (χ0n) is 20.2. The van der Waals surface area contributed by atoms with Crippen molar-refractivity contribution < 1.29 is 12.6 Å². The van der Waals surface area contributed by atoms with Crippen molar-refractivity contribution in [3.8, 4) is 0 Å². The van der Waals surface area contributed by atoms with E-state index < -0.39 is 19.8 Å². The molecule has 1 aliphatic carbocycles. The van der Waals surface area contributed by atoms with Crippen LogP contribution in [0, 0.1) is 12.8 Å². The first kappa shape index (κ1) is 24.7. The lowest BCUT2D eigenvalue weighted by atomic mass is 9.86. The molecule has 0 aliphatic heterocycles. The van der Waals surface area contributed by atoms with Gasteiger partial charge in [0, 0.05) is 47.6 Å². The number of hydrogen-bond donors (Lipinski definition) is 0. The summed E-state index contributed by atoms with van der Waals surface area (Å²) in [7, 11) is -2.18. The van der Waals surface area contributed by atoms with E-state index in [9.17, 15) is 12.6 Å². The number of aryl methyl sites for hydroxylation is 1. The van der Waals surface area contributed by atoms with E-state index in [1.807, 2.05) is 20.9 Å². The maximum absolute atomic E-state index is 13.3. The van der Waals surface area contributed by atoms with Crippen molar-refractivity contribution >= 4 is 36.6 Å². The molecular formula is C24H33N5O3S2. The molecule has 4 rings (SSSR count). The topological polar surface area (TPSA) is 97.5 Å². The first-order valence-electron chi connectivity index (χ1n) is 11.7. The summed E-state index contributed by atoms with van der Waals surface area (Å²) >= 11 is 0. The number of benzene rings is 1. The monoisotopic (exact) mass is 503 g/mol. The number of aromatic nitrogens is 3. The standard InChI is InChI=1S/C24H33N5O3S2/c1-5-33(30,25-3)16-19-8-10-20(11-9-19)28(4)23-22-14-15-29(24(22)27-17-26-23)34(31,32)21-12-6-18(2)7-13-21/h6-7,12-15,17,19-20H,5,8-11,16H2,1-4H3. The number of rotatable bonds is 7. The molecule has 1 aromatic carbocycles. The molecule has 1 aliphatic rings. The van der Waals surface area contributed by atoms with Gasteiger partial charge in [-0.25, -0.2) is 30.9 Å². The average Bonchev–Trinajstić information content (AvgIpc) is 3.29. The SMILES string of the molecule is CCS(=O)(CC1CCC(N(C)c2ncnc3c2ccn3S(=O)(=O)c2ccc(C)cc2)CC1)=NC. The number of nitrogens with zero attached hydrogens (tertiary/aromatic N) is 5. The van der Waals surface area contributed by atoms with Gasteiger partial charge in [0.15, 0.2) is 5.65 Å². The van der Waals surface area contributed by atoms with Crippen LogP contribution < -0.4 is 4.90 Å². The van der Waals surface area contributed by atoms with E-state index in [-0.39, 0.29) is 10.9 Å². The highest BCUT2D eigenvalue weighted by atomic mass is 32.2. The summed E-state index contributed by atoms with van der Waals surface area (Å²) in [5.74, 6) is 2.43. The van der Waals surface area contributed by atoms with E-state index >= 15 is 0 Å². The highest BCUT2D eigenvalue weighted by Crippen LogP contribution is 2.33. The Kier molecular flexibility index (Phi) is 7.00. The van der Waals surface area contributed by atoms with Gasteiger partial charge >= 0.3 is 0 Å².